The molecular formula is C8H15NO2. The normalized spacial score (nSPS) is 20.9. The van der Waals surface area contributed by atoms with E-state index in [1.165, 1.54) is 0 Å². The van der Waals surface area contributed by atoms with Crippen LogP contribution in [0, 0.1) is 0 Å². The van der Waals surface area contributed by atoms with Crippen LogP contribution in [0.5, 0.6) is 0 Å². The molecular weight excluding hydrogens is 142 g/mol. The lowest BCUT2D eigenvalue weighted by Gasteiger charge is -2.19. The van der Waals surface area contributed by atoms with Crippen molar-refractivity contribution in [3.05, 3.63) is 0 Å². The fourth-order valence-electron chi connectivity index (χ4n) is 1.28. The minimum absolute atomic E-state index is 0.164. The first kappa shape index (κ1) is 8.53. The standard InChI is InChI=1S/C8H15NO2/c1-7(11-2)6-9-5-3-4-8(9)10/h7H,3-6H2,1-2H3. The third kappa shape index (κ3) is 2.19. The van der Waals surface area contributed by atoms with Crippen LogP contribution in [-0.2, 0) is 9.53 Å². The molecule has 0 bridgehead atoms. The van der Waals surface area contributed by atoms with Gasteiger partial charge in [0, 0.05) is 26.6 Å². The lowest BCUT2D eigenvalue weighted by Crippen LogP contribution is -2.32. The minimum Gasteiger partial charge on any atom is -0.380 e. The van der Waals surface area contributed by atoms with Gasteiger partial charge in [-0.25, -0.2) is 0 Å². The van der Waals surface area contributed by atoms with Gasteiger partial charge < -0.3 is 9.64 Å². The summed E-state index contributed by atoms with van der Waals surface area (Å²) in [5, 5.41) is 0. The second-order valence-electron chi connectivity index (χ2n) is 2.99. The molecule has 0 aromatic heterocycles. The molecule has 1 unspecified atom stereocenters. The Morgan fingerprint density at radius 2 is 2.45 bits per heavy atom. The second-order valence-corrected chi connectivity index (χ2v) is 2.99. The number of methoxy groups -OCH3 is 1. The molecule has 3 heteroatoms. The number of carbonyl (C=O) groups excluding carboxylic acids is 1. The average molecular weight is 157 g/mol. The lowest BCUT2D eigenvalue weighted by molar-refractivity contribution is -0.129. The van der Waals surface area contributed by atoms with Gasteiger partial charge in [0.05, 0.1) is 6.10 Å². The smallest absolute Gasteiger partial charge is 0.222 e. The highest BCUT2D eigenvalue weighted by molar-refractivity contribution is 5.78. The van der Waals surface area contributed by atoms with Gasteiger partial charge in [0.2, 0.25) is 5.91 Å². The summed E-state index contributed by atoms with van der Waals surface area (Å²) in [7, 11) is 1.67. The zero-order valence-corrected chi connectivity index (χ0v) is 7.17. The summed E-state index contributed by atoms with van der Waals surface area (Å²) in [6.45, 7) is 3.63. The largest absolute Gasteiger partial charge is 0.380 e. The van der Waals surface area contributed by atoms with Crippen LogP contribution in [-0.4, -0.2) is 37.1 Å². The maximum absolute atomic E-state index is 11.1. The molecule has 1 amide bonds. The number of amides is 1. The molecule has 64 valence electrons. The fourth-order valence-corrected chi connectivity index (χ4v) is 1.28. The van der Waals surface area contributed by atoms with E-state index in [4.69, 9.17) is 4.74 Å². The van der Waals surface area contributed by atoms with Gasteiger partial charge in [-0.2, -0.15) is 0 Å². The highest BCUT2D eigenvalue weighted by atomic mass is 16.5. The topological polar surface area (TPSA) is 29.5 Å². The van der Waals surface area contributed by atoms with Crippen molar-refractivity contribution in [3.63, 3.8) is 0 Å². The van der Waals surface area contributed by atoms with Crippen molar-refractivity contribution in [2.45, 2.75) is 25.9 Å². The predicted octanol–water partition coefficient (Wildman–Crippen LogP) is 0.644. The predicted molar refractivity (Wildman–Crippen MR) is 42.3 cm³/mol. The maximum atomic E-state index is 11.1. The van der Waals surface area contributed by atoms with Gasteiger partial charge in [0.15, 0.2) is 0 Å². The molecule has 11 heavy (non-hydrogen) atoms. The molecule has 1 rings (SSSR count). The van der Waals surface area contributed by atoms with E-state index >= 15 is 0 Å². The molecule has 0 aromatic carbocycles. The Hall–Kier alpha value is -0.570. The number of hydrogen-bond donors (Lipinski definition) is 0. The minimum atomic E-state index is 0.164. The summed E-state index contributed by atoms with van der Waals surface area (Å²) in [5.41, 5.74) is 0. The number of carbonyl (C=O) groups is 1. The van der Waals surface area contributed by atoms with Crippen molar-refractivity contribution in [2.75, 3.05) is 20.2 Å². The van der Waals surface area contributed by atoms with Crippen LogP contribution < -0.4 is 0 Å². The van der Waals surface area contributed by atoms with Gasteiger partial charge in [0.25, 0.3) is 0 Å². The molecule has 0 saturated carbocycles. The van der Waals surface area contributed by atoms with Gasteiger partial charge in [-0.15, -0.1) is 0 Å². The third-order valence-corrected chi connectivity index (χ3v) is 2.05. The zero-order valence-electron chi connectivity index (χ0n) is 7.17. The van der Waals surface area contributed by atoms with Crippen LogP contribution in [0.4, 0.5) is 0 Å². The molecule has 0 N–H and O–H groups in total. The monoisotopic (exact) mass is 157 g/mol. The van der Waals surface area contributed by atoms with Gasteiger partial charge in [0.1, 0.15) is 0 Å². The average Bonchev–Trinajstić information content (AvgIpc) is 2.37. The van der Waals surface area contributed by atoms with Gasteiger partial charge >= 0.3 is 0 Å². The van der Waals surface area contributed by atoms with Gasteiger partial charge in [-0.05, 0) is 13.3 Å². The molecule has 3 nitrogen and oxygen atoms in total. The van der Waals surface area contributed by atoms with E-state index in [0.29, 0.717) is 0 Å². The molecule has 1 fully saturated rings. The van der Waals surface area contributed by atoms with E-state index in [9.17, 15) is 4.79 Å². The van der Waals surface area contributed by atoms with Crippen LogP contribution in [0.3, 0.4) is 0 Å². The number of ether oxygens (including phenoxy) is 1. The van der Waals surface area contributed by atoms with E-state index < -0.39 is 0 Å². The number of likely N-dealkylation sites (tertiary alicyclic amines) is 1. The van der Waals surface area contributed by atoms with Crippen LogP contribution >= 0.6 is 0 Å². The van der Waals surface area contributed by atoms with E-state index in [2.05, 4.69) is 0 Å². The first-order valence-electron chi connectivity index (χ1n) is 4.04. The Morgan fingerprint density at radius 1 is 1.73 bits per heavy atom. The van der Waals surface area contributed by atoms with E-state index in [-0.39, 0.29) is 12.0 Å². The quantitative estimate of drug-likeness (QED) is 0.601. The number of hydrogen-bond acceptors (Lipinski definition) is 2. The molecule has 0 aromatic rings. The van der Waals surface area contributed by atoms with Crippen molar-refractivity contribution in [1.82, 2.24) is 4.90 Å². The molecule has 0 radical (unpaired) electrons. The third-order valence-electron chi connectivity index (χ3n) is 2.05. The number of nitrogens with zero attached hydrogens (tertiary/aromatic N) is 1. The van der Waals surface area contributed by atoms with Crippen LogP contribution in [0.2, 0.25) is 0 Å². The van der Waals surface area contributed by atoms with E-state index in [1.54, 1.807) is 7.11 Å². The van der Waals surface area contributed by atoms with Crippen LogP contribution in [0.25, 0.3) is 0 Å². The highest BCUT2D eigenvalue weighted by Gasteiger charge is 2.21. The van der Waals surface area contributed by atoms with Crippen molar-refractivity contribution in [2.24, 2.45) is 0 Å². The molecule has 1 heterocycles. The van der Waals surface area contributed by atoms with Crippen molar-refractivity contribution < 1.29 is 9.53 Å². The highest BCUT2D eigenvalue weighted by Crippen LogP contribution is 2.10. The maximum Gasteiger partial charge on any atom is 0.222 e. The Balaban J connectivity index is 2.30. The molecule has 1 aliphatic heterocycles. The molecule has 0 aliphatic carbocycles. The number of rotatable bonds is 3. The van der Waals surface area contributed by atoms with Gasteiger partial charge in [-0.1, -0.05) is 0 Å². The summed E-state index contributed by atoms with van der Waals surface area (Å²) < 4.78 is 5.07. The summed E-state index contributed by atoms with van der Waals surface area (Å²) >= 11 is 0. The molecule has 1 atom stereocenters. The summed E-state index contributed by atoms with van der Waals surface area (Å²) in [5.74, 6) is 0.272. The summed E-state index contributed by atoms with van der Waals surface area (Å²) in [6, 6.07) is 0. The van der Waals surface area contributed by atoms with Crippen molar-refractivity contribution >= 4 is 5.91 Å². The SMILES string of the molecule is COC(C)CN1CCCC1=O. The van der Waals surface area contributed by atoms with E-state index in [0.717, 1.165) is 25.9 Å². The second kappa shape index (κ2) is 3.72. The van der Waals surface area contributed by atoms with Crippen molar-refractivity contribution in [3.8, 4) is 0 Å². The first-order valence-corrected chi connectivity index (χ1v) is 4.04. The van der Waals surface area contributed by atoms with Crippen molar-refractivity contribution in [1.29, 1.82) is 0 Å². The Bertz CT molecular complexity index is 147. The summed E-state index contributed by atoms with van der Waals surface area (Å²) in [6.07, 6.45) is 1.89. The molecule has 1 aliphatic rings. The Kier molecular flexibility index (Phi) is 2.88. The fraction of sp³-hybridized carbons (Fsp3) is 0.875. The molecule has 0 spiro atoms. The Labute approximate surface area is 67.3 Å². The summed E-state index contributed by atoms with van der Waals surface area (Å²) in [4.78, 5) is 13.0. The first-order chi connectivity index (χ1) is 5.24. The van der Waals surface area contributed by atoms with E-state index in [1.807, 2.05) is 11.8 Å². The van der Waals surface area contributed by atoms with Gasteiger partial charge in [-0.3, -0.25) is 4.79 Å². The zero-order chi connectivity index (χ0) is 8.27. The Morgan fingerprint density at radius 3 is 2.91 bits per heavy atom. The van der Waals surface area contributed by atoms with Crippen LogP contribution in [0.15, 0.2) is 0 Å². The molecule has 1 saturated heterocycles. The lowest BCUT2D eigenvalue weighted by atomic mass is 10.4. The van der Waals surface area contributed by atoms with Crippen LogP contribution in [0.1, 0.15) is 19.8 Å².